The number of esters is 2. The summed E-state index contributed by atoms with van der Waals surface area (Å²) in [4.78, 5) is 36.3. The first-order chi connectivity index (χ1) is 15.1. The van der Waals surface area contributed by atoms with Gasteiger partial charge in [0.15, 0.2) is 0 Å². The van der Waals surface area contributed by atoms with Crippen LogP contribution in [0.1, 0.15) is 59.8 Å². The van der Waals surface area contributed by atoms with E-state index in [1.165, 1.54) is 6.92 Å². The molecule has 3 saturated carbocycles. The number of aliphatic hydroxyl groups is 1. The number of ether oxygens (including phenoxy) is 2. The highest BCUT2D eigenvalue weighted by Crippen LogP contribution is 2.65. The molecule has 7 nitrogen and oxygen atoms in total. The first kappa shape index (κ1) is 24.9. The van der Waals surface area contributed by atoms with Crippen molar-refractivity contribution < 1.29 is 29.0 Å². The fourth-order valence-corrected chi connectivity index (χ4v) is 7.13. The van der Waals surface area contributed by atoms with E-state index < -0.39 is 17.6 Å². The van der Waals surface area contributed by atoms with E-state index in [9.17, 15) is 19.5 Å². The molecular formula is C25H39NO6. The predicted molar refractivity (Wildman–Crippen MR) is 120 cm³/mol. The Balaban J connectivity index is 1.84. The summed E-state index contributed by atoms with van der Waals surface area (Å²) >= 11 is 0. The predicted octanol–water partition coefficient (Wildman–Crippen LogP) is 2.66. The van der Waals surface area contributed by atoms with E-state index >= 15 is 0 Å². The normalized spacial score (nSPS) is 42.5. The monoisotopic (exact) mass is 449 g/mol. The Hall–Kier alpha value is -1.73. The number of fused-ring (bicyclic) bond motifs is 3. The number of aldehydes is 1. The minimum atomic E-state index is -0.818. The molecule has 3 rings (SSSR count). The second-order valence-corrected chi connectivity index (χ2v) is 10.5. The third-order valence-electron chi connectivity index (χ3n) is 8.79. The van der Waals surface area contributed by atoms with Crippen molar-refractivity contribution in [2.45, 2.75) is 72.0 Å². The van der Waals surface area contributed by atoms with Crippen molar-refractivity contribution in [1.29, 1.82) is 0 Å². The number of allylic oxidation sites excluding steroid dienone is 1. The average Bonchev–Trinajstić information content (AvgIpc) is 2.74. The van der Waals surface area contributed by atoms with Crippen LogP contribution in [0.5, 0.6) is 0 Å². The molecule has 0 aliphatic heterocycles. The molecule has 2 N–H and O–H groups in total. The quantitative estimate of drug-likeness (QED) is 0.278. The maximum Gasteiger partial charge on any atom is 0.330 e. The molecule has 180 valence electrons. The van der Waals surface area contributed by atoms with Gasteiger partial charge in [-0.3, -0.25) is 4.79 Å². The number of carbonyl (C=O) groups excluding carboxylic acids is 3. The van der Waals surface area contributed by atoms with Gasteiger partial charge in [-0.1, -0.05) is 19.4 Å². The summed E-state index contributed by atoms with van der Waals surface area (Å²) < 4.78 is 10.8. The Morgan fingerprint density at radius 1 is 1.28 bits per heavy atom. The van der Waals surface area contributed by atoms with Crippen LogP contribution in [0.3, 0.4) is 0 Å². The van der Waals surface area contributed by atoms with Crippen molar-refractivity contribution in [3.63, 3.8) is 0 Å². The molecule has 0 aromatic carbocycles. The summed E-state index contributed by atoms with van der Waals surface area (Å²) in [5.74, 6) is -0.434. The van der Waals surface area contributed by atoms with Crippen molar-refractivity contribution >= 4 is 18.2 Å². The minimum Gasteiger partial charge on any atom is -0.462 e. The van der Waals surface area contributed by atoms with Gasteiger partial charge in [0.1, 0.15) is 19.0 Å². The Morgan fingerprint density at radius 3 is 2.62 bits per heavy atom. The Labute approximate surface area is 191 Å². The highest BCUT2D eigenvalue weighted by atomic mass is 16.5. The summed E-state index contributed by atoms with van der Waals surface area (Å²) in [6.07, 6.45) is 5.18. The molecule has 8 atom stereocenters. The second-order valence-electron chi connectivity index (χ2n) is 10.5. The summed E-state index contributed by atoms with van der Waals surface area (Å²) in [6, 6.07) is 0. The van der Waals surface area contributed by atoms with Gasteiger partial charge < -0.3 is 24.7 Å². The number of hydrogen-bond acceptors (Lipinski definition) is 7. The lowest BCUT2D eigenvalue weighted by atomic mass is 9.42. The summed E-state index contributed by atoms with van der Waals surface area (Å²) in [5.41, 5.74) is 0.0817. The van der Waals surface area contributed by atoms with Crippen LogP contribution in [0.25, 0.3) is 0 Å². The first-order valence-corrected chi connectivity index (χ1v) is 11.9. The largest absolute Gasteiger partial charge is 0.462 e. The number of carbonyl (C=O) groups is 3. The molecular weight excluding hydrogens is 410 g/mol. The van der Waals surface area contributed by atoms with Crippen LogP contribution in [0, 0.1) is 34.5 Å². The summed E-state index contributed by atoms with van der Waals surface area (Å²) in [6.45, 7) is 8.56. The number of rotatable bonds is 6. The third-order valence-corrected chi connectivity index (χ3v) is 8.79. The van der Waals surface area contributed by atoms with Gasteiger partial charge in [0.2, 0.25) is 0 Å². The van der Waals surface area contributed by atoms with Crippen molar-refractivity contribution in [3.05, 3.63) is 11.6 Å². The molecule has 0 bridgehead atoms. The van der Waals surface area contributed by atoms with Crippen LogP contribution in [-0.2, 0) is 23.9 Å². The molecule has 0 spiro atoms. The number of hydrogen-bond donors (Lipinski definition) is 2. The zero-order chi connectivity index (χ0) is 23.7. The zero-order valence-corrected chi connectivity index (χ0v) is 20.1. The van der Waals surface area contributed by atoms with Crippen LogP contribution in [0.15, 0.2) is 11.6 Å². The van der Waals surface area contributed by atoms with E-state index in [1.807, 2.05) is 14.0 Å². The fourth-order valence-electron chi connectivity index (χ4n) is 7.13. The van der Waals surface area contributed by atoms with Gasteiger partial charge in [0.25, 0.3) is 0 Å². The van der Waals surface area contributed by atoms with Crippen LogP contribution in [-0.4, -0.2) is 55.7 Å². The standard InChI is InChI=1S/C25H39NO6/c1-15-17(12-22(30)31-11-10-26-5)6-7-18-23(15)19(29)13-20-24(18,3)9-8-21(32-16(2)28)25(20,4)14-27/h12,14-15,18-21,23,26,29H,6-11,13H2,1-5H3/b17-12+/t15-,18-,19-,20+,21-,23-,24+,25+/m0/s1. The molecule has 0 aromatic rings. The summed E-state index contributed by atoms with van der Waals surface area (Å²) in [5, 5.41) is 14.2. The molecule has 3 aliphatic carbocycles. The smallest absolute Gasteiger partial charge is 0.330 e. The highest BCUT2D eigenvalue weighted by molar-refractivity contribution is 5.83. The summed E-state index contributed by atoms with van der Waals surface area (Å²) in [7, 11) is 1.81. The van der Waals surface area contributed by atoms with Gasteiger partial charge in [0, 0.05) is 19.5 Å². The first-order valence-electron chi connectivity index (χ1n) is 11.9. The van der Waals surface area contributed by atoms with Crippen LogP contribution >= 0.6 is 0 Å². The minimum absolute atomic E-state index is 0.0301. The van der Waals surface area contributed by atoms with Crippen LogP contribution in [0.2, 0.25) is 0 Å². The van der Waals surface area contributed by atoms with Crippen molar-refractivity contribution in [2.75, 3.05) is 20.2 Å². The van der Waals surface area contributed by atoms with Crippen LogP contribution < -0.4 is 5.32 Å². The van der Waals surface area contributed by atoms with Gasteiger partial charge in [-0.15, -0.1) is 0 Å². The Bertz CT molecular complexity index is 766. The molecule has 0 radical (unpaired) electrons. The lowest BCUT2D eigenvalue weighted by Gasteiger charge is -2.63. The fraction of sp³-hybridized carbons (Fsp3) is 0.800. The maximum atomic E-state index is 12.3. The lowest BCUT2D eigenvalue weighted by molar-refractivity contribution is -0.202. The second kappa shape index (κ2) is 9.64. The SMILES string of the molecule is CNCCOC(=O)/C=C1\CC[C@H]2[C@@H]([C@@H](O)C[C@H]3[C@@](C)(C=O)[C@@H](OC(C)=O)CC[C@]23C)[C@H]1C. The van der Waals surface area contributed by atoms with E-state index in [0.717, 1.165) is 31.1 Å². The zero-order valence-electron chi connectivity index (χ0n) is 20.1. The van der Waals surface area contributed by atoms with Gasteiger partial charge in [-0.25, -0.2) is 4.79 Å². The van der Waals surface area contributed by atoms with Crippen molar-refractivity contribution in [3.8, 4) is 0 Å². The molecule has 0 amide bonds. The van der Waals surface area contributed by atoms with Gasteiger partial charge >= 0.3 is 11.9 Å². The molecule has 7 heteroatoms. The van der Waals surface area contributed by atoms with E-state index in [4.69, 9.17) is 9.47 Å². The molecule has 0 unspecified atom stereocenters. The molecule has 32 heavy (non-hydrogen) atoms. The average molecular weight is 450 g/mol. The molecule has 3 aliphatic rings. The lowest BCUT2D eigenvalue weighted by Crippen LogP contribution is -2.62. The highest BCUT2D eigenvalue weighted by Gasteiger charge is 2.63. The third kappa shape index (κ3) is 4.38. The Kier molecular flexibility index (Phi) is 7.50. The van der Waals surface area contributed by atoms with Crippen molar-refractivity contribution in [2.24, 2.45) is 34.5 Å². The molecule has 0 saturated heterocycles. The maximum absolute atomic E-state index is 12.3. The number of aliphatic hydroxyl groups excluding tert-OH is 1. The van der Waals surface area contributed by atoms with Gasteiger partial charge in [0.05, 0.1) is 11.5 Å². The topological polar surface area (TPSA) is 102 Å². The van der Waals surface area contributed by atoms with Crippen molar-refractivity contribution in [1.82, 2.24) is 5.32 Å². The molecule has 0 heterocycles. The van der Waals surface area contributed by atoms with E-state index in [2.05, 4.69) is 19.2 Å². The van der Waals surface area contributed by atoms with Gasteiger partial charge in [-0.05, 0) is 75.2 Å². The van der Waals surface area contributed by atoms with E-state index in [1.54, 1.807) is 6.08 Å². The van der Waals surface area contributed by atoms with E-state index in [-0.39, 0.29) is 41.0 Å². The van der Waals surface area contributed by atoms with Crippen LogP contribution in [0.4, 0.5) is 0 Å². The number of nitrogens with one attached hydrogen (secondary N) is 1. The van der Waals surface area contributed by atoms with Gasteiger partial charge in [-0.2, -0.15) is 0 Å². The number of likely N-dealkylation sites (N-methyl/N-ethyl adjacent to an activating group) is 1. The van der Waals surface area contributed by atoms with E-state index in [0.29, 0.717) is 26.0 Å². The Morgan fingerprint density at radius 2 is 2.00 bits per heavy atom. The molecule has 0 aromatic heterocycles. The molecule has 3 fully saturated rings.